The van der Waals surface area contributed by atoms with Crippen molar-refractivity contribution in [2.24, 2.45) is 5.92 Å². The largest absolute Gasteiger partial charge is 0.573 e. The van der Waals surface area contributed by atoms with Gasteiger partial charge in [0.15, 0.2) is 0 Å². The number of carbonyl (C=O) groups excluding carboxylic acids is 1. The van der Waals surface area contributed by atoms with Gasteiger partial charge in [0.05, 0.1) is 12.3 Å². The number of ether oxygens (including phenoxy) is 1. The molecular weight excluding hydrogens is 399 g/mol. The summed E-state index contributed by atoms with van der Waals surface area (Å²) in [6.07, 6.45) is -3.31. The van der Waals surface area contributed by atoms with Gasteiger partial charge in [-0.2, -0.15) is 0 Å². The zero-order valence-corrected chi connectivity index (χ0v) is 16.6. The maximum absolute atomic E-state index is 12.3. The van der Waals surface area contributed by atoms with Gasteiger partial charge < -0.3 is 20.1 Å². The first-order valence-corrected chi connectivity index (χ1v) is 9.73. The van der Waals surface area contributed by atoms with Gasteiger partial charge in [0.25, 0.3) is 0 Å². The van der Waals surface area contributed by atoms with Crippen molar-refractivity contribution < 1.29 is 27.8 Å². The van der Waals surface area contributed by atoms with Crippen LogP contribution in [0.25, 0.3) is 11.3 Å². The molecular formula is C21H24F3N3O3. The summed E-state index contributed by atoms with van der Waals surface area (Å²) in [5, 5.41) is 11.5. The van der Waals surface area contributed by atoms with Crippen LogP contribution in [0, 0.1) is 12.8 Å². The fourth-order valence-electron chi connectivity index (χ4n) is 3.53. The van der Waals surface area contributed by atoms with Crippen molar-refractivity contribution in [3.63, 3.8) is 0 Å². The molecule has 1 aliphatic rings. The number of amides is 1. The maximum atomic E-state index is 12.3. The molecule has 2 N–H and O–H groups in total. The minimum atomic E-state index is -4.72. The van der Waals surface area contributed by atoms with Crippen molar-refractivity contribution >= 4 is 11.6 Å². The van der Waals surface area contributed by atoms with Gasteiger partial charge in [-0.3, -0.25) is 9.78 Å². The molecule has 1 aromatic carbocycles. The lowest BCUT2D eigenvalue weighted by Gasteiger charge is -2.33. The van der Waals surface area contributed by atoms with E-state index in [1.54, 1.807) is 12.1 Å². The third-order valence-corrected chi connectivity index (χ3v) is 4.96. The van der Waals surface area contributed by atoms with E-state index >= 15 is 0 Å². The topological polar surface area (TPSA) is 74.7 Å². The molecule has 1 aliphatic heterocycles. The molecule has 30 heavy (non-hydrogen) atoms. The summed E-state index contributed by atoms with van der Waals surface area (Å²) in [5.41, 5.74) is 3.10. The molecule has 9 heteroatoms. The molecule has 0 saturated carbocycles. The lowest BCUT2D eigenvalue weighted by Crippen LogP contribution is -2.41. The number of halogens is 3. The molecule has 1 fully saturated rings. The van der Waals surface area contributed by atoms with Crippen molar-refractivity contribution in [2.45, 2.75) is 26.1 Å². The minimum Gasteiger partial charge on any atom is -0.406 e. The Morgan fingerprint density at radius 3 is 2.50 bits per heavy atom. The van der Waals surface area contributed by atoms with E-state index in [1.165, 1.54) is 12.1 Å². The SMILES string of the molecule is Cc1cc(N2CCC(C(=O)NCCO)CC2)cc(-c2ccc(OC(F)(F)F)cc2)n1. The number of carbonyl (C=O) groups is 1. The highest BCUT2D eigenvalue weighted by Crippen LogP contribution is 2.30. The third kappa shape index (κ3) is 5.85. The van der Waals surface area contributed by atoms with Crippen LogP contribution in [0.3, 0.4) is 0 Å². The number of piperidine rings is 1. The number of nitrogens with one attached hydrogen (secondary N) is 1. The monoisotopic (exact) mass is 423 g/mol. The standard InChI is InChI=1S/C21H24F3N3O3/c1-14-12-17(27-9-6-16(7-10-27)20(29)25-8-11-28)13-19(26-14)15-2-4-18(5-3-15)30-21(22,23)24/h2-5,12-13,16,28H,6-11H2,1H3,(H,25,29). The first-order valence-electron chi connectivity index (χ1n) is 9.73. The summed E-state index contributed by atoms with van der Waals surface area (Å²) >= 11 is 0. The van der Waals surface area contributed by atoms with Gasteiger partial charge in [-0.05, 0) is 56.2 Å². The van der Waals surface area contributed by atoms with Crippen LogP contribution in [0.4, 0.5) is 18.9 Å². The van der Waals surface area contributed by atoms with Gasteiger partial charge in [0, 0.05) is 42.5 Å². The first kappa shape index (κ1) is 21.9. The Kier molecular flexibility index (Phi) is 6.81. The molecule has 1 amide bonds. The number of hydrogen-bond donors (Lipinski definition) is 2. The van der Waals surface area contributed by atoms with E-state index in [1.807, 2.05) is 19.1 Å². The summed E-state index contributed by atoms with van der Waals surface area (Å²) in [6.45, 7) is 3.46. The lowest BCUT2D eigenvalue weighted by atomic mass is 9.95. The molecule has 2 heterocycles. The summed E-state index contributed by atoms with van der Waals surface area (Å²) in [5.74, 6) is -0.381. The highest BCUT2D eigenvalue weighted by molar-refractivity contribution is 5.79. The summed E-state index contributed by atoms with van der Waals surface area (Å²) < 4.78 is 40.9. The molecule has 0 spiro atoms. The number of rotatable bonds is 6. The fraction of sp³-hybridized carbons (Fsp3) is 0.429. The zero-order chi connectivity index (χ0) is 21.7. The van der Waals surface area contributed by atoms with Crippen molar-refractivity contribution in [1.82, 2.24) is 10.3 Å². The Hall–Kier alpha value is -2.81. The molecule has 0 unspecified atom stereocenters. The number of hydrogen-bond acceptors (Lipinski definition) is 5. The van der Waals surface area contributed by atoms with Crippen LogP contribution in [0.15, 0.2) is 36.4 Å². The molecule has 162 valence electrons. The van der Waals surface area contributed by atoms with Crippen molar-refractivity contribution in [3.05, 3.63) is 42.1 Å². The summed E-state index contributed by atoms with van der Waals surface area (Å²) in [6, 6.07) is 9.48. The minimum absolute atomic E-state index is 0.0311. The third-order valence-electron chi connectivity index (χ3n) is 4.96. The summed E-state index contributed by atoms with van der Waals surface area (Å²) in [7, 11) is 0. The Balaban J connectivity index is 1.69. The van der Waals surface area contributed by atoms with E-state index in [4.69, 9.17) is 5.11 Å². The van der Waals surface area contributed by atoms with Gasteiger partial charge in [0.1, 0.15) is 5.75 Å². The Morgan fingerprint density at radius 1 is 1.23 bits per heavy atom. The van der Waals surface area contributed by atoms with Gasteiger partial charge in [-0.25, -0.2) is 0 Å². The summed E-state index contributed by atoms with van der Waals surface area (Å²) in [4.78, 5) is 18.8. The molecule has 1 aromatic heterocycles. The zero-order valence-electron chi connectivity index (χ0n) is 16.6. The van der Waals surface area contributed by atoms with E-state index in [0.717, 1.165) is 11.4 Å². The number of alkyl halides is 3. The number of aryl methyl sites for hydroxylation is 1. The number of aliphatic hydroxyl groups excluding tert-OH is 1. The van der Waals surface area contributed by atoms with Crippen LogP contribution >= 0.6 is 0 Å². The predicted octanol–water partition coefficient (Wildman–Crippen LogP) is 3.28. The second-order valence-electron chi connectivity index (χ2n) is 7.20. The van der Waals surface area contributed by atoms with E-state index < -0.39 is 6.36 Å². The Bertz CT molecular complexity index is 864. The van der Waals surface area contributed by atoms with Crippen LogP contribution < -0.4 is 15.0 Å². The molecule has 0 bridgehead atoms. The van der Waals surface area contributed by atoms with E-state index in [2.05, 4.69) is 19.9 Å². The molecule has 2 aromatic rings. The van der Waals surface area contributed by atoms with Gasteiger partial charge in [0.2, 0.25) is 5.91 Å². The second kappa shape index (κ2) is 9.34. The van der Waals surface area contributed by atoms with E-state index in [9.17, 15) is 18.0 Å². The Morgan fingerprint density at radius 2 is 1.90 bits per heavy atom. The molecule has 0 radical (unpaired) electrons. The molecule has 0 atom stereocenters. The van der Waals surface area contributed by atoms with Crippen molar-refractivity contribution in [1.29, 1.82) is 0 Å². The van der Waals surface area contributed by atoms with Crippen LogP contribution in [-0.4, -0.2) is 48.6 Å². The van der Waals surface area contributed by atoms with E-state index in [-0.39, 0.29) is 30.7 Å². The van der Waals surface area contributed by atoms with Gasteiger partial charge >= 0.3 is 6.36 Å². The molecule has 1 saturated heterocycles. The highest BCUT2D eigenvalue weighted by atomic mass is 19.4. The predicted molar refractivity (Wildman–Crippen MR) is 106 cm³/mol. The number of nitrogens with zero attached hydrogens (tertiary/aromatic N) is 2. The first-order chi connectivity index (χ1) is 14.2. The molecule has 3 rings (SSSR count). The second-order valence-corrected chi connectivity index (χ2v) is 7.20. The van der Waals surface area contributed by atoms with Crippen LogP contribution in [0.5, 0.6) is 5.75 Å². The average molecular weight is 423 g/mol. The van der Waals surface area contributed by atoms with Crippen molar-refractivity contribution in [3.8, 4) is 17.0 Å². The number of aliphatic hydroxyl groups is 1. The maximum Gasteiger partial charge on any atom is 0.573 e. The van der Waals surface area contributed by atoms with E-state index in [0.29, 0.717) is 37.2 Å². The van der Waals surface area contributed by atoms with Crippen LogP contribution in [0.1, 0.15) is 18.5 Å². The van der Waals surface area contributed by atoms with Gasteiger partial charge in [-0.1, -0.05) is 0 Å². The average Bonchev–Trinajstić information content (AvgIpc) is 2.71. The molecule has 6 nitrogen and oxygen atoms in total. The highest BCUT2D eigenvalue weighted by Gasteiger charge is 2.31. The number of anilines is 1. The van der Waals surface area contributed by atoms with Crippen molar-refractivity contribution in [2.75, 3.05) is 31.1 Å². The normalized spacial score (nSPS) is 15.2. The number of benzene rings is 1. The van der Waals surface area contributed by atoms with Crippen LogP contribution in [-0.2, 0) is 4.79 Å². The number of aromatic nitrogens is 1. The van der Waals surface area contributed by atoms with Gasteiger partial charge in [-0.15, -0.1) is 13.2 Å². The smallest absolute Gasteiger partial charge is 0.406 e. The fourth-order valence-corrected chi connectivity index (χ4v) is 3.53. The van der Waals surface area contributed by atoms with Crippen LogP contribution in [0.2, 0.25) is 0 Å². The molecule has 0 aliphatic carbocycles. The quantitative estimate of drug-likeness (QED) is 0.746. The Labute approximate surface area is 172 Å². The lowest BCUT2D eigenvalue weighted by molar-refractivity contribution is -0.274. The number of pyridine rings is 1.